The van der Waals surface area contributed by atoms with Gasteiger partial charge in [0.25, 0.3) is 0 Å². The van der Waals surface area contributed by atoms with Gasteiger partial charge < -0.3 is 9.15 Å². The number of hydrogen-bond donors (Lipinski definition) is 2. The summed E-state index contributed by atoms with van der Waals surface area (Å²) in [5.74, 6) is 0.0635. The molecule has 0 amide bonds. The highest BCUT2D eigenvalue weighted by Crippen LogP contribution is 2.36. The number of nitrogens with zero attached hydrogens (tertiary/aromatic N) is 1. The van der Waals surface area contributed by atoms with E-state index in [9.17, 15) is 10.1 Å². The fourth-order valence-electron chi connectivity index (χ4n) is 2.54. The van der Waals surface area contributed by atoms with Crippen LogP contribution in [-0.2, 0) is 18.9 Å². The summed E-state index contributed by atoms with van der Waals surface area (Å²) in [6, 6.07) is 12.1. The monoisotopic (exact) mass is 414 g/mol. The van der Waals surface area contributed by atoms with Crippen molar-refractivity contribution in [1.29, 1.82) is 5.26 Å². The molecule has 0 saturated carbocycles. The van der Waals surface area contributed by atoms with Crippen LogP contribution in [0.5, 0.6) is 0 Å². The summed E-state index contributed by atoms with van der Waals surface area (Å²) >= 11 is 3.43. The molecule has 152 valence electrons. The molecular formula is C21H22N2O5S. The minimum absolute atomic E-state index is 0.0662. The average molecular weight is 414 g/mol. The smallest absolute Gasteiger partial charge is 0.355 e. The molecule has 0 fully saturated rings. The van der Waals surface area contributed by atoms with Crippen LogP contribution >= 0.6 is 12.9 Å². The number of carbonyl (C=O) groups excluding carboxylic acids is 1. The van der Waals surface area contributed by atoms with Crippen molar-refractivity contribution in [2.75, 3.05) is 5.48 Å². The molecule has 0 aliphatic carbocycles. The van der Waals surface area contributed by atoms with Gasteiger partial charge in [0.05, 0.1) is 12.0 Å². The van der Waals surface area contributed by atoms with E-state index in [2.05, 4.69) is 41.6 Å². The van der Waals surface area contributed by atoms with E-state index in [4.69, 9.17) is 9.15 Å². The molecule has 1 N–H and O–H groups in total. The summed E-state index contributed by atoms with van der Waals surface area (Å²) in [5.41, 5.74) is 4.04. The van der Waals surface area contributed by atoms with E-state index in [0.717, 1.165) is 0 Å². The van der Waals surface area contributed by atoms with E-state index in [1.807, 2.05) is 6.07 Å². The number of thiol groups is 1. The van der Waals surface area contributed by atoms with Gasteiger partial charge in [-0.25, -0.2) is 10.3 Å². The topological polar surface area (TPSA) is 93.7 Å². The van der Waals surface area contributed by atoms with Crippen LogP contribution in [0, 0.1) is 11.3 Å². The van der Waals surface area contributed by atoms with Crippen molar-refractivity contribution < 1.29 is 23.3 Å². The van der Waals surface area contributed by atoms with Gasteiger partial charge in [0.1, 0.15) is 23.2 Å². The fraction of sp³-hybridized carbons (Fsp3) is 0.238. The highest BCUT2D eigenvalue weighted by molar-refractivity contribution is 7.74. The number of cyclic esters (lactones) is 1. The fourth-order valence-corrected chi connectivity index (χ4v) is 2.58. The minimum atomic E-state index is -0.695. The molecule has 7 nitrogen and oxygen atoms in total. The van der Waals surface area contributed by atoms with E-state index in [-0.39, 0.29) is 11.3 Å². The number of furan rings is 1. The number of benzene rings is 1. The van der Waals surface area contributed by atoms with Crippen LogP contribution in [0.2, 0.25) is 0 Å². The highest BCUT2D eigenvalue weighted by Gasteiger charge is 2.31. The summed E-state index contributed by atoms with van der Waals surface area (Å²) in [7, 11) is 0. The van der Waals surface area contributed by atoms with Crippen LogP contribution in [0.1, 0.15) is 44.4 Å². The molecule has 29 heavy (non-hydrogen) atoms. The average Bonchev–Trinajstić information content (AvgIpc) is 3.35. The van der Waals surface area contributed by atoms with Gasteiger partial charge in [-0.15, -0.1) is 9.32 Å². The molecular weight excluding hydrogens is 392 g/mol. The van der Waals surface area contributed by atoms with Gasteiger partial charge in [-0.1, -0.05) is 45.2 Å². The van der Waals surface area contributed by atoms with Crippen LogP contribution in [0.4, 0.5) is 5.69 Å². The molecule has 0 radical (unpaired) electrons. The lowest BCUT2D eigenvalue weighted by molar-refractivity contribution is -0.158. The van der Waals surface area contributed by atoms with Gasteiger partial charge in [-0.3, -0.25) is 0 Å². The van der Waals surface area contributed by atoms with Gasteiger partial charge in [0.15, 0.2) is 0 Å². The molecule has 0 bridgehead atoms. The van der Waals surface area contributed by atoms with Crippen molar-refractivity contribution >= 4 is 36.2 Å². The Kier molecular flexibility index (Phi) is 9.05. The maximum atomic E-state index is 11.9. The van der Waals surface area contributed by atoms with Crippen molar-refractivity contribution in [2.45, 2.75) is 33.1 Å². The lowest BCUT2D eigenvalue weighted by Gasteiger charge is -2.06. The van der Waals surface area contributed by atoms with Crippen LogP contribution in [0.25, 0.3) is 11.6 Å². The van der Waals surface area contributed by atoms with Gasteiger partial charge in [-0.05, 0) is 29.8 Å². The van der Waals surface area contributed by atoms with E-state index in [1.54, 1.807) is 42.5 Å². The van der Waals surface area contributed by atoms with Crippen LogP contribution in [0.15, 0.2) is 58.4 Å². The number of hydrogen-bond acceptors (Lipinski definition) is 8. The Hall–Kier alpha value is -2.99. The zero-order valence-corrected chi connectivity index (χ0v) is 17.1. The molecule has 0 spiro atoms. The molecule has 0 unspecified atom stereocenters. The second-order valence-corrected chi connectivity index (χ2v) is 6.12. The van der Waals surface area contributed by atoms with E-state index in [1.165, 1.54) is 25.5 Å². The Morgan fingerprint density at radius 1 is 1.21 bits per heavy atom. The maximum absolute atomic E-state index is 11.9. The summed E-state index contributed by atoms with van der Waals surface area (Å²) in [5, 5.41) is 9.27. The summed E-state index contributed by atoms with van der Waals surface area (Å²) in [6.07, 6.45) is 7.14. The standard InChI is InChI=1S/C16H10N2O5S.C5H12/c17-9-13-15(10-3-5-11(6-4-10)18-22-23-24)14(21-16(13)19)8-12-2-1-7-20-12;1-3-5-4-2/h1-8,18,24H;3-5H2,1-2H3. The summed E-state index contributed by atoms with van der Waals surface area (Å²) < 4.78 is 14.6. The maximum Gasteiger partial charge on any atom is 0.355 e. The van der Waals surface area contributed by atoms with Crippen LogP contribution in [-0.4, -0.2) is 5.97 Å². The summed E-state index contributed by atoms with van der Waals surface area (Å²) in [4.78, 5) is 16.4. The van der Waals surface area contributed by atoms with Crippen molar-refractivity contribution in [1.82, 2.24) is 0 Å². The molecule has 1 aromatic heterocycles. The molecule has 0 saturated heterocycles. The Labute approximate surface area is 175 Å². The predicted octanol–water partition coefficient (Wildman–Crippen LogP) is 5.47. The summed E-state index contributed by atoms with van der Waals surface area (Å²) in [6.45, 7) is 4.42. The lowest BCUT2D eigenvalue weighted by Crippen LogP contribution is -1.97. The van der Waals surface area contributed by atoms with E-state index >= 15 is 0 Å². The van der Waals surface area contributed by atoms with Crippen molar-refractivity contribution in [2.24, 2.45) is 0 Å². The second-order valence-electron chi connectivity index (χ2n) is 5.97. The Balaban J connectivity index is 0.000000537. The molecule has 2 heterocycles. The number of carbonyl (C=O) groups is 1. The number of nitriles is 1. The van der Waals surface area contributed by atoms with Crippen molar-refractivity contribution in [3.63, 3.8) is 0 Å². The molecule has 0 atom stereocenters. The quantitative estimate of drug-likeness (QED) is 0.204. The zero-order chi connectivity index (χ0) is 21.1. The first-order chi connectivity index (χ1) is 14.1. The molecule has 1 aliphatic heterocycles. The number of nitrogens with one attached hydrogen (secondary N) is 1. The third-order valence-corrected chi connectivity index (χ3v) is 3.98. The second kappa shape index (κ2) is 11.8. The number of rotatable bonds is 7. The largest absolute Gasteiger partial charge is 0.465 e. The molecule has 3 rings (SSSR count). The highest BCUT2D eigenvalue weighted by atomic mass is 32.1. The number of esters is 1. The number of ether oxygens (including phenoxy) is 1. The Bertz CT molecular complexity index is 894. The molecule has 2 aromatic rings. The van der Waals surface area contributed by atoms with E-state index in [0.29, 0.717) is 22.6 Å². The first-order valence-corrected chi connectivity index (χ1v) is 9.46. The van der Waals surface area contributed by atoms with Gasteiger partial charge in [0.2, 0.25) is 0 Å². The third kappa shape index (κ3) is 6.26. The van der Waals surface area contributed by atoms with Crippen molar-refractivity contribution in [3.05, 3.63) is 65.3 Å². The first-order valence-electron chi connectivity index (χ1n) is 9.10. The first kappa shape index (κ1) is 22.3. The van der Waals surface area contributed by atoms with Gasteiger partial charge in [-0.2, -0.15) is 5.26 Å². The number of unbranched alkanes of at least 4 members (excludes halogenated alkanes) is 2. The van der Waals surface area contributed by atoms with Crippen LogP contribution < -0.4 is 5.48 Å². The number of anilines is 1. The van der Waals surface area contributed by atoms with E-state index < -0.39 is 5.97 Å². The normalized spacial score (nSPS) is 14.3. The SMILES string of the molecule is CCCCC.N#CC1=C(c2ccc(NOOS)cc2)C(=Cc2ccco2)OC1=O. The minimum Gasteiger partial charge on any atom is -0.465 e. The lowest BCUT2D eigenvalue weighted by atomic mass is 9.99. The molecule has 8 heteroatoms. The molecule has 1 aromatic carbocycles. The Morgan fingerprint density at radius 3 is 2.45 bits per heavy atom. The molecule has 1 aliphatic rings. The zero-order valence-electron chi connectivity index (χ0n) is 16.2. The van der Waals surface area contributed by atoms with Gasteiger partial charge >= 0.3 is 5.97 Å². The van der Waals surface area contributed by atoms with Crippen LogP contribution in [0.3, 0.4) is 0 Å². The van der Waals surface area contributed by atoms with Gasteiger partial charge in [0, 0.05) is 24.6 Å². The number of allylic oxidation sites excluding steroid dienone is 1. The van der Waals surface area contributed by atoms with Crippen molar-refractivity contribution in [3.8, 4) is 6.07 Å². The predicted molar refractivity (Wildman–Crippen MR) is 112 cm³/mol. The Morgan fingerprint density at radius 2 is 1.93 bits per heavy atom. The third-order valence-electron chi connectivity index (χ3n) is 3.91.